The fourth-order valence-electron chi connectivity index (χ4n) is 11.7. The van der Waals surface area contributed by atoms with E-state index in [4.69, 9.17) is 103 Å². The van der Waals surface area contributed by atoms with Crippen LogP contribution >= 0.6 is 0 Å². The van der Waals surface area contributed by atoms with Crippen LogP contribution in [0.15, 0.2) is 322 Å². The Bertz CT molecular complexity index is 5040. The van der Waals surface area contributed by atoms with Crippen molar-refractivity contribution in [3.05, 3.63) is 360 Å². The third-order valence-electron chi connectivity index (χ3n) is 18.8. The smallest absolute Gasteiger partial charge is 0.493 e. The average Bonchev–Trinajstić information content (AvgIpc) is 0.897. The quantitative estimate of drug-likeness (QED) is 0.0300. The summed E-state index contributed by atoms with van der Waals surface area (Å²) < 4.78 is 171. The minimum atomic E-state index is -4.94. The molecule has 6 heterocycles. The van der Waals surface area contributed by atoms with Crippen LogP contribution in [-0.4, -0.2) is 107 Å². The van der Waals surface area contributed by atoms with E-state index < -0.39 is 41.0 Å². The van der Waals surface area contributed by atoms with E-state index in [-0.39, 0.29) is 70.4 Å². The number of nitrogens with zero attached hydrogens (tertiary/aromatic N) is 12. The summed E-state index contributed by atoms with van der Waals surface area (Å²) >= 11 is 0. The molecule has 0 aliphatic carbocycles. The fraction of sp³-hybridized carbons (Fsp3) is 0.273. The monoisotopic (exact) mass is 2070 g/mol. The van der Waals surface area contributed by atoms with Crippen molar-refractivity contribution >= 4 is 37.3 Å². The Hall–Kier alpha value is -11.4. The van der Waals surface area contributed by atoms with Crippen LogP contribution in [-0.2, 0) is 34.1 Å². The number of hydrogen-bond acceptors (Lipinski definition) is 34. The molecule has 0 radical (unpaired) electrons. The number of aromatic nitrogens is 6. The summed E-state index contributed by atoms with van der Waals surface area (Å²) in [6.07, 6.45) is 30.1. The van der Waals surface area contributed by atoms with Crippen molar-refractivity contribution in [1.82, 2.24) is 29.9 Å². The third kappa shape index (κ3) is 60.3. The second-order valence-electron chi connectivity index (χ2n) is 29.5. The predicted octanol–water partition coefficient (Wildman–Crippen LogP) is 3.37. The van der Waals surface area contributed by atoms with Crippen molar-refractivity contribution in [3.8, 4) is 34.5 Å². The Morgan fingerprint density at radius 2 is 0.381 bits per heavy atom. The Labute approximate surface area is 838 Å². The summed E-state index contributed by atoms with van der Waals surface area (Å²) in [6, 6.07) is 85.0. The number of rotatable bonds is 42. The van der Waals surface area contributed by atoms with Gasteiger partial charge < -0.3 is 28.4 Å². The van der Waals surface area contributed by atoms with Gasteiger partial charge in [-0.1, -0.05) is 182 Å². The molecule has 40 heteroatoms. The van der Waals surface area contributed by atoms with Crippen molar-refractivity contribution < 1.29 is 178 Å². The number of pyridine rings is 6. The van der Waals surface area contributed by atoms with E-state index in [1.165, 1.54) is 33.4 Å². The number of halogens is 4. The maximum atomic E-state index is 8.49. The zero-order valence-corrected chi connectivity index (χ0v) is 82.0. The third-order valence-corrected chi connectivity index (χ3v) is 18.8. The van der Waals surface area contributed by atoms with E-state index in [1.807, 2.05) is 207 Å². The molecular formula is C99H108Cl4Fe2N12O22. The molecule has 0 saturated carbocycles. The molecule has 34 nitrogen and oxygen atoms in total. The van der Waals surface area contributed by atoms with E-state index in [0.29, 0.717) is 39.6 Å². The van der Waals surface area contributed by atoms with Crippen LogP contribution < -0.4 is 103 Å². The molecule has 0 saturated heterocycles. The summed E-state index contributed by atoms with van der Waals surface area (Å²) in [4.78, 5) is 54.2. The molecule has 0 fully saturated rings. The zero-order chi connectivity index (χ0) is 99.4. The molecule has 139 heavy (non-hydrogen) atoms. The molecule has 740 valence electrons. The van der Waals surface area contributed by atoms with Gasteiger partial charge in [-0.2, -0.15) is 0 Å². The van der Waals surface area contributed by atoms with E-state index >= 15 is 0 Å². The minimum absolute atomic E-state index is 0. The van der Waals surface area contributed by atoms with Gasteiger partial charge in [0.2, 0.25) is 0 Å². The normalized spacial score (nSPS) is 12.6. The molecule has 12 rings (SSSR count). The van der Waals surface area contributed by atoms with Gasteiger partial charge in [0.1, 0.15) is 34.5 Å². The Kier molecular flexibility index (Phi) is 58.5. The largest absolute Gasteiger partial charge is 2.00 e. The first-order chi connectivity index (χ1) is 65.5. The van der Waals surface area contributed by atoms with Gasteiger partial charge in [-0.05, 0) is 193 Å². The molecule has 6 aromatic carbocycles. The van der Waals surface area contributed by atoms with Crippen LogP contribution in [0.25, 0.3) is 0 Å². The number of unbranched alkanes of at least 4 members (excludes halogenated alkanes) is 6. The first-order valence-corrected chi connectivity index (χ1v) is 47.9. The summed E-state index contributed by atoms with van der Waals surface area (Å²) in [7, 11) is -19.8. The number of aliphatic imine (C=N–C) groups is 6. The number of ether oxygens (including phenoxy) is 6. The topological polar surface area (TPSA) is 576 Å². The maximum absolute atomic E-state index is 8.49. The first kappa shape index (κ1) is 120. The van der Waals surface area contributed by atoms with Crippen molar-refractivity contribution in [1.29, 1.82) is 0 Å². The van der Waals surface area contributed by atoms with Crippen LogP contribution in [0.1, 0.15) is 203 Å². The molecule has 0 N–H and O–H groups in total. The predicted molar refractivity (Wildman–Crippen MR) is 475 cm³/mol. The molecule has 12 aromatic rings. The fourth-order valence-corrected chi connectivity index (χ4v) is 11.7. The van der Waals surface area contributed by atoms with Gasteiger partial charge in [0, 0.05) is 61.8 Å². The van der Waals surface area contributed by atoms with E-state index in [9.17, 15) is 0 Å². The first-order valence-electron chi connectivity index (χ1n) is 43.0. The summed E-state index contributed by atoms with van der Waals surface area (Å²) in [6.45, 7) is 16.3. The van der Waals surface area contributed by atoms with Crippen LogP contribution in [0.5, 0.6) is 34.5 Å². The van der Waals surface area contributed by atoms with Gasteiger partial charge in [-0.3, -0.25) is 59.9 Å². The van der Waals surface area contributed by atoms with Crippen molar-refractivity contribution in [2.45, 2.75) is 136 Å². The maximum Gasteiger partial charge on any atom is 2.00 e. The minimum Gasteiger partial charge on any atom is -0.493 e. The molecule has 0 unspecified atom stereocenters. The summed E-state index contributed by atoms with van der Waals surface area (Å²) in [5.41, 5.74) is 11.9. The second kappa shape index (κ2) is 67.8. The molecule has 0 aliphatic heterocycles. The van der Waals surface area contributed by atoms with Gasteiger partial charge in [-0.25, -0.2) is 74.5 Å². The van der Waals surface area contributed by atoms with Crippen LogP contribution in [0.3, 0.4) is 0 Å². The summed E-state index contributed by atoms with van der Waals surface area (Å²) in [5, 5.41) is 0. The van der Waals surface area contributed by atoms with Gasteiger partial charge in [0.05, 0.1) is 135 Å². The second-order valence-corrected chi connectivity index (χ2v) is 32.5. The Balaban J connectivity index is 0.000000392. The summed E-state index contributed by atoms with van der Waals surface area (Å²) in [5.74, 6) is 4.70. The SMILES string of the molecule is C[C@H](N=Cc1ccc(OCCCCCOc2ccc(C=N[C@@H](C)c3ccccc3)nc2)cn1)c1ccccc1.C[C@H](N=Cc1ccc(OCCCCCOc2ccnc(C=N[C@@H](C)c3ccccc3)c2)cn1)c1ccccc1.C[C@H](N=Cc1ccc(OCCCCCOc2ccnc(C=N[C@@H](C)c3ccccc3)c2)cn1)c1ccccc1.[Fe+2].[Fe+2].[O-][Cl+3]([O-])([O-])[O-].[O-][Cl+3]([O-])([O-])[O-].[O-][Cl+3]([O-])([O-])[O-].[O-][Cl+3]([O-])([O-])[O-]. The molecule has 6 atom stereocenters. The molecule has 0 bridgehead atoms. The van der Waals surface area contributed by atoms with E-state index in [0.717, 1.165) is 126 Å². The number of hydrogen-bond donors (Lipinski definition) is 0. The van der Waals surface area contributed by atoms with Crippen molar-refractivity contribution in [2.24, 2.45) is 30.0 Å². The van der Waals surface area contributed by atoms with Crippen LogP contribution in [0.2, 0.25) is 0 Å². The zero-order valence-electron chi connectivity index (χ0n) is 76.8. The van der Waals surface area contributed by atoms with Crippen LogP contribution in [0.4, 0.5) is 0 Å². The number of benzene rings is 6. The molecule has 6 aromatic heterocycles. The van der Waals surface area contributed by atoms with Gasteiger partial charge in [0.25, 0.3) is 0 Å². The van der Waals surface area contributed by atoms with Gasteiger partial charge in [-0.15, -0.1) is 41.0 Å². The van der Waals surface area contributed by atoms with Gasteiger partial charge in [0.15, 0.2) is 0 Å². The van der Waals surface area contributed by atoms with E-state index in [1.54, 1.807) is 49.6 Å². The average molecular weight is 2070 g/mol. The molecule has 0 spiro atoms. The van der Waals surface area contributed by atoms with Crippen molar-refractivity contribution in [3.63, 3.8) is 0 Å². The van der Waals surface area contributed by atoms with Crippen LogP contribution in [0, 0.1) is 41.0 Å². The molecule has 0 amide bonds. The standard InChI is InChI=1S/3C33H36N4O2.4ClHO4.2Fe/c1-26(28-12-6-3-7-13-28)34-22-30-16-18-32(24-36-30)38-20-10-5-11-21-39-33-19-17-31(37-25-33)23-35-27(2)29-14-8-4-9-15-29;2*1-26(28-12-6-3-7-13-28)35-23-30-16-17-33(25-37-30)39-21-11-5-10-20-38-32-18-19-34-31(22-32)24-36-27(2)29-14-8-4-9-15-29;4*2-1(3,4)5;;/h3*3-4,6-9,12-19,22-27H,5,10-11,20-21H2,1-2H3;4*(H,2,3,4,5);;/q;;;;;;;2*+2/p-4/t3*26-,27-;;;;;;/m000....../s1. The Morgan fingerprint density at radius 3 is 0.547 bits per heavy atom. The van der Waals surface area contributed by atoms with Crippen molar-refractivity contribution in [2.75, 3.05) is 39.6 Å². The van der Waals surface area contributed by atoms with E-state index in [2.05, 4.69) is 174 Å². The van der Waals surface area contributed by atoms with Gasteiger partial charge >= 0.3 is 34.1 Å². The molecular weight excluding hydrogens is 1960 g/mol. The molecule has 0 aliphatic rings. The Morgan fingerprint density at radius 1 is 0.216 bits per heavy atom.